The van der Waals surface area contributed by atoms with Crippen molar-refractivity contribution < 1.29 is 19.4 Å². The third-order valence-corrected chi connectivity index (χ3v) is 6.41. The van der Waals surface area contributed by atoms with Crippen LogP contribution in [0, 0.1) is 6.92 Å². The quantitative estimate of drug-likeness (QED) is 0.163. The van der Waals surface area contributed by atoms with Crippen LogP contribution in [-0.2, 0) is 16.1 Å². The minimum Gasteiger partial charge on any atom is -0.505 e. The first-order valence-electron chi connectivity index (χ1n) is 12.0. The lowest BCUT2D eigenvalue weighted by molar-refractivity contribution is -0.139. The van der Waals surface area contributed by atoms with Gasteiger partial charge in [-0.2, -0.15) is 0 Å². The fourth-order valence-corrected chi connectivity index (χ4v) is 4.73. The number of ether oxygens (including phenoxy) is 1. The van der Waals surface area contributed by atoms with Crippen LogP contribution in [0.25, 0.3) is 11.4 Å². The summed E-state index contributed by atoms with van der Waals surface area (Å²) in [5.74, 6) is -0.972. The highest BCUT2D eigenvalue weighted by Gasteiger charge is 2.46. The van der Waals surface area contributed by atoms with E-state index in [1.807, 2.05) is 41.1 Å². The lowest BCUT2D eigenvalue weighted by Crippen LogP contribution is -2.31. The molecule has 1 saturated heterocycles. The van der Waals surface area contributed by atoms with Gasteiger partial charge in [-0.25, -0.2) is 9.97 Å². The SMILES string of the molecule is C=CCOc1ccc(C2/C(=C(\O)c3c(C)nc4ccccn34)C(=O)C(=O)N2CCCn2ccnc2)cc1. The Morgan fingerprint density at radius 2 is 1.95 bits per heavy atom. The Bertz CT molecular complexity index is 1480. The molecule has 1 fully saturated rings. The molecule has 0 saturated carbocycles. The van der Waals surface area contributed by atoms with E-state index in [0.717, 1.165) is 0 Å². The molecule has 188 valence electrons. The summed E-state index contributed by atoms with van der Waals surface area (Å²) in [4.78, 5) is 36.8. The summed E-state index contributed by atoms with van der Waals surface area (Å²) < 4.78 is 9.24. The molecule has 1 aliphatic heterocycles. The molecule has 5 rings (SSSR count). The number of amides is 1. The van der Waals surface area contributed by atoms with Gasteiger partial charge in [-0.05, 0) is 43.2 Å². The highest BCUT2D eigenvalue weighted by atomic mass is 16.5. The smallest absolute Gasteiger partial charge is 0.295 e. The van der Waals surface area contributed by atoms with Crippen molar-refractivity contribution in [3.05, 3.63) is 103 Å². The molecule has 9 nitrogen and oxygen atoms in total. The van der Waals surface area contributed by atoms with Crippen LogP contribution in [0.4, 0.5) is 0 Å². The Hall–Kier alpha value is -4.66. The number of ketones is 1. The maximum atomic E-state index is 13.4. The summed E-state index contributed by atoms with van der Waals surface area (Å²) in [5.41, 5.74) is 2.32. The maximum Gasteiger partial charge on any atom is 0.295 e. The van der Waals surface area contributed by atoms with E-state index in [-0.39, 0.29) is 11.3 Å². The fraction of sp³-hybridized carbons (Fsp3) is 0.214. The molecule has 4 aromatic rings. The molecule has 1 aromatic carbocycles. The summed E-state index contributed by atoms with van der Waals surface area (Å²) in [6.45, 7) is 6.75. The van der Waals surface area contributed by atoms with Gasteiger partial charge in [0.15, 0.2) is 5.76 Å². The number of likely N-dealkylation sites (tertiary alicyclic amines) is 1. The van der Waals surface area contributed by atoms with E-state index in [2.05, 4.69) is 16.5 Å². The van der Waals surface area contributed by atoms with E-state index >= 15 is 0 Å². The molecule has 0 spiro atoms. The first kappa shape index (κ1) is 24.1. The van der Waals surface area contributed by atoms with Gasteiger partial charge in [0.2, 0.25) is 0 Å². The second-order valence-electron chi connectivity index (χ2n) is 8.79. The Kier molecular flexibility index (Phi) is 6.59. The molecule has 1 N–H and O–H groups in total. The maximum absolute atomic E-state index is 13.4. The number of imidazole rings is 2. The van der Waals surface area contributed by atoms with Gasteiger partial charge in [-0.1, -0.05) is 30.9 Å². The molecule has 0 aliphatic carbocycles. The zero-order chi connectivity index (χ0) is 25.9. The molecule has 1 atom stereocenters. The Morgan fingerprint density at radius 1 is 1.14 bits per heavy atom. The Labute approximate surface area is 214 Å². The molecular weight excluding hydrogens is 470 g/mol. The topological polar surface area (TPSA) is 102 Å². The van der Waals surface area contributed by atoms with Gasteiger partial charge in [0.1, 0.15) is 23.7 Å². The van der Waals surface area contributed by atoms with Crippen LogP contribution in [0.3, 0.4) is 0 Å². The fourth-order valence-electron chi connectivity index (χ4n) is 4.73. The number of aliphatic hydroxyl groups is 1. The number of carbonyl (C=O) groups is 2. The molecular formula is C28H27N5O4. The first-order valence-corrected chi connectivity index (χ1v) is 12.0. The second-order valence-corrected chi connectivity index (χ2v) is 8.79. The van der Waals surface area contributed by atoms with E-state index in [1.54, 1.807) is 48.3 Å². The highest BCUT2D eigenvalue weighted by molar-refractivity contribution is 6.46. The number of Topliss-reactive ketones (excluding diaryl/α,β-unsaturated/α-hetero) is 1. The van der Waals surface area contributed by atoms with Gasteiger partial charge >= 0.3 is 0 Å². The Balaban J connectivity index is 1.57. The molecule has 3 aromatic heterocycles. The average molecular weight is 498 g/mol. The van der Waals surface area contributed by atoms with Crippen molar-refractivity contribution in [1.82, 2.24) is 23.8 Å². The molecule has 1 amide bonds. The Morgan fingerprint density at radius 3 is 2.68 bits per heavy atom. The van der Waals surface area contributed by atoms with Crippen LogP contribution in [0.2, 0.25) is 0 Å². The highest BCUT2D eigenvalue weighted by Crippen LogP contribution is 2.40. The van der Waals surface area contributed by atoms with Crippen LogP contribution >= 0.6 is 0 Å². The molecule has 9 heteroatoms. The molecule has 37 heavy (non-hydrogen) atoms. The van der Waals surface area contributed by atoms with Gasteiger partial charge in [0.05, 0.1) is 23.6 Å². The lowest BCUT2D eigenvalue weighted by Gasteiger charge is -2.25. The van der Waals surface area contributed by atoms with E-state index in [0.29, 0.717) is 54.5 Å². The zero-order valence-electron chi connectivity index (χ0n) is 20.4. The van der Waals surface area contributed by atoms with Crippen molar-refractivity contribution in [3.8, 4) is 5.75 Å². The molecule has 0 bridgehead atoms. The van der Waals surface area contributed by atoms with Gasteiger partial charge < -0.3 is 19.3 Å². The number of hydrogen-bond donors (Lipinski definition) is 1. The number of aliphatic hydroxyl groups excluding tert-OH is 1. The van der Waals surface area contributed by atoms with Crippen molar-refractivity contribution in [1.29, 1.82) is 0 Å². The number of aromatic nitrogens is 4. The van der Waals surface area contributed by atoms with Crippen LogP contribution in [-0.4, -0.2) is 53.8 Å². The number of benzene rings is 1. The number of fused-ring (bicyclic) bond motifs is 1. The van der Waals surface area contributed by atoms with Gasteiger partial charge in [0, 0.05) is 31.7 Å². The lowest BCUT2D eigenvalue weighted by atomic mass is 9.96. The predicted molar refractivity (Wildman–Crippen MR) is 138 cm³/mol. The summed E-state index contributed by atoms with van der Waals surface area (Å²) in [6.07, 6.45) is 9.28. The van der Waals surface area contributed by atoms with Crippen molar-refractivity contribution >= 4 is 23.1 Å². The van der Waals surface area contributed by atoms with E-state index < -0.39 is 17.7 Å². The molecule has 4 heterocycles. The molecule has 0 radical (unpaired) electrons. The summed E-state index contributed by atoms with van der Waals surface area (Å²) in [6, 6.07) is 11.9. The monoisotopic (exact) mass is 497 g/mol. The van der Waals surface area contributed by atoms with E-state index in [1.165, 1.54) is 4.90 Å². The van der Waals surface area contributed by atoms with E-state index in [4.69, 9.17) is 4.74 Å². The van der Waals surface area contributed by atoms with Gasteiger partial charge in [-0.3, -0.25) is 14.0 Å². The zero-order valence-corrected chi connectivity index (χ0v) is 20.4. The summed E-state index contributed by atoms with van der Waals surface area (Å²) in [5, 5.41) is 11.5. The van der Waals surface area contributed by atoms with Gasteiger partial charge in [0.25, 0.3) is 11.7 Å². The van der Waals surface area contributed by atoms with Gasteiger partial charge in [-0.15, -0.1) is 0 Å². The number of nitrogens with zero attached hydrogens (tertiary/aromatic N) is 5. The third kappa shape index (κ3) is 4.51. The first-order chi connectivity index (χ1) is 18.0. The third-order valence-electron chi connectivity index (χ3n) is 6.41. The largest absolute Gasteiger partial charge is 0.505 e. The number of hydrogen-bond acceptors (Lipinski definition) is 6. The van der Waals surface area contributed by atoms with Crippen molar-refractivity contribution in [2.45, 2.75) is 25.9 Å². The van der Waals surface area contributed by atoms with Crippen molar-refractivity contribution in [2.75, 3.05) is 13.2 Å². The molecule has 1 unspecified atom stereocenters. The van der Waals surface area contributed by atoms with Crippen LogP contribution in [0.5, 0.6) is 5.75 Å². The van der Waals surface area contributed by atoms with E-state index in [9.17, 15) is 14.7 Å². The summed E-state index contributed by atoms with van der Waals surface area (Å²) >= 11 is 0. The van der Waals surface area contributed by atoms with Crippen LogP contribution in [0.15, 0.2) is 85.6 Å². The van der Waals surface area contributed by atoms with Crippen LogP contribution < -0.4 is 4.74 Å². The minimum absolute atomic E-state index is 0.0427. The number of pyridine rings is 1. The predicted octanol–water partition coefficient (Wildman–Crippen LogP) is 3.92. The summed E-state index contributed by atoms with van der Waals surface area (Å²) in [7, 11) is 0. The second kappa shape index (κ2) is 10.1. The number of aryl methyl sites for hydroxylation is 2. The molecule has 1 aliphatic rings. The minimum atomic E-state index is -0.759. The van der Waals surface area contributed by atoms with Crippen molar-refractivity contribution in [3.63, 3.8) is 0 Å². The normalized spacial score (nSPS) is 17.0. The number of rotatable bonds is 9. The standard InChI is InChI=1S/C28H27N5O4/c1-3-17-37-21-10-8-20(9-11-21)25-23(26(34)24-19(2)30-22-7-4-5-14-32(22)24)27(35)28(36)33(25)15-6-13-31-16-12-29-18-31/h3-5,7-12,14,16,18,25,34H,1,6,13,15,17H2,2H3/b26-23+. The number of carbonyl (C=O) groups excluding carboxylic acids is 2. The average Bonchev–Trinajstić information content (AvgIpc) is 3.60. The van der Waals surface area contributed by atoms with Crippen molar-refractivity contribution in [2.24, 2.45) is 0 Å². The van der Waals surface area contributed by atoms with Crippen LogP contribution in [0.1, 0.15) is 29.4 Å².